The van der Waals surface area contributed by atoms with Crippen molar-refractivity contribution in [1.29, 1.82) is 0 Å². The monoisotopic (exact) mass is 542 g/mol. The molecular weight excluding hydrogens is 507 g/mol. The number of benzene rings is 2. The maximum absolute atomic E-state index is 5.44. The van der Waals surface area contributed by atoms with Crippen LogP contribution in [-0.2, 0) is 6.54 Å². The highest BCUT2D eigenvalue weighted by Crippen LogP contribution is 2.39. The van der Waals surface area contributed by atoms with Gasteiger partial charge in [-0.1, -0.05) is 30.3 Å². The predicted molar refractivity (Wildman–Crippen MR) is 138 cm³/mol. The van der Waals surface area contributed by atoms with Crippen molar-refractivity contribution in [3.63, 3.8) is 0 Å². The molecule has 0 radical (unpaired) electrons. The molecule has 0 heterocycles. The molecule has 2 rings (SSSR count). The van der Waals surface area contributed by atoms with Crippen molar-refractivity contribution in [1.82, 2.24) is 10.2 Å². The normalized spacial score (nSPS) is 12.0. The Bertz CT molecular complexity index is 793. The average molecular weight is 542 g/mol. The SMILES string of the molecule is CCNC(=NCC(C)N(C)Cc1ccccc1)Nc1cc(OC)c(OC)c(OC)c1.I. The van der Waals surface area contributed by atoms with Gasteiger partial charge in [-0.25, -0.2) is 0 Å². The second kappa shape index (κ2) is 14.0. The Kier molecular flexibility index (Phi) is 12.1. The minimum Gasteiger partial charge on any atom is -0.493 e. The lowest BCUT2D eigenvalue weighted by Crippen LogP contribution is -2.35. The molecule has 1 unspecified atom stereocenters. The maximum Gasteiger partial charge on any atom is 0.203 e. The Hall–Kier alpha value is -2.20. The van der Waals surface area contributed by atoms with Crippen molar-refractivity contribution >= 4 is 35.6 Å². The summed E-state index contributed by atoms with van der Waals surface area (Å²) in [6.45, 7) is 6.51. The maximum atomic E-state index is 5.44. The molecule has 0 amide bonds. The quantitative estimate of drug-likeness (QED) is 0.266. The number of hydrogen-bond donors (Lipinski definition) is 2. The number of aliphatic imine (C=N–C) groups is 1. The van der Waals surface area contributed by atoms with E-state index in [9.17, 15) is 0 Å². The topological polar surface area (TPSA) is 67.4 Å². The number of halogens is 1. The van der Waals surface area contributed by atoms with Crippen LogP contribution in [0, 0.1) is 0 Å². The molecule has 0 saturated carbocycles. The Balaban J connectivity index is 0.00000480. The van der Waals surface area contributed by atoms with Crippen LogP contribution >= 0.6 is 24.0 Å². The van der Waals surface area contributed by atoms with Crippen molar-refractivity contribution in [2.45, 2.75) is 26.4 Å². The van der Waals surface area contributed by atoms with Gasteiger partial charge in [0.25, 0.3) is 0 Å². The molecule has 2 aromatic carbocycles. The molecule has 1 atom stereocenters. The second-order valence-electron chi connectivity index (χ2n) is 7.01. The van der Waals surface area contributed by atoms with Gasteiger partial charge in [0, 0.05) is 37.0 Å². The number of guanidine groups is 1. The number of anilines is 1. The highest BCUT2D eigenvalue weighted by molar-refractivity contribution is 14.0. The van der Waals surface area contributed by atoms with Gasteiger partial charge in [-0.2, -0.15) is 0 Å². The van der Waals surface area contributed by atoms with Crippen LogP contribution in [0.4, 0.5) is 5.69 Å². The minimum atomic E-state index is 0. The van der Waals surface area contributed by atoms with Crippen molar-refractivity contribution in [3.05, 3.63) is 48.0 Å². The van der Waals surface area contributed by atoms with E-state index in [2.05, 4.69) is 53.8 Å². The first-order valence-corrected chi connectivity index (χ1v) is 10.1. The smallest absolute Gasteiger partial charge is 0.203 e. The van der Waals surface area contributed by atoms with Gasteiger partial charge in [-0.3, -0.25) is 9.89 Å². The van der Waals surface area contributed by atoms with E-state index in [0.717, 1.165) is 18.8 Å². The molecule has 172 valence electrons. The van der Waals surface area contributed by atoms with Gasteiger partial charge < -0.3 is 24.8 Å². The van der Waals surface area contributed by atoms with E-state index < -0.39 is 0 Å². The van der Waals surface area contributed by atoms with Crippen LogP contribution in [0.15, 0.2) is 47.5 Å². The molecule has 31 heavy (non-hydrogen) atoms. The molecule has 8 heteroatoms. The molecule has 0 aliphatic rings. The molecule has 0 spiro atoms. The van der Waals surface area contributed by atoms with E-state index in [1.165, 1.54) is 5.56 Å². The van der Waals surface area contributed by atoms with Crippen LogP contribution in [0.5, 0.6) is 17.2 Å². The number of likely N-dealkylation sites (N-methyl/N-ethyl adjacent to an activating group) is 1. The lowest BCUT2D eigenvalue weighted by Gasteiger charge is -2.24. The standard InChI is InChI=1S/C23H34N4O3.HI/c1-7-24-23(25-15-17(2)27(3)16-18-11-9-8-10-12-18)26-19-13-20(28-4)22(30-6)21(14-19)29-5;/h8-14,17H,7,15-16H2,1-6H3,(H2,24,25,26);1H. The van der Waals surface area contributed by atoms with Gasteiger partial charge in [0.15, 0.2) is 17.5 Å². The largest absolute Gasteiger partial charge is 0.493 e. The van der Waals surface area contributed by atoms with Crippen LogP contribution in [-0.4, -0.2) is 58.4 Å². The lowest BCUT2D eigenvalue weighted by molar-refractivity contribution is 0.255. The summed E-state index contributed by atoms with van der Waals surface area (Å²) in [7, 11) is 6.91. The number of rotatable bonds is 10. The van der Waals surface area contributed by atoms with Crippen LogP contribution in [0.2, 0.25) is 0 Å². The Labute approximate surface area is 203 Å². The summed E-state index contributed by atoms with van der Waals surface area (Å²) in [5.41, 5.74) is 2.09. The Morgan fingerprint density at radius 3 is 2.16 bits per heavy atom. The van der Waals surface area contributed by atoms with Gasteiger partial charge in [0.05, 0.1) is 27.9 Å². The number of nitrogens with zero attached hydrogens (tertiary/aromatic N) is 2. The number of methoxy groups -OCH3 is 3. The van der Waals surface area contributed by atoms with Crippen LogP contribution in [0.3, 0.4) is 0 Å². The lowest BCUT2D eigenvalue weighted by atomic mass is 10.2. The Morgan fingerprint density at radius 1 is 1.03 bits per heavy atom. The highest BCUT2D eigenvalue weighted by atomic mass is 127. The minimum absolute atomic E-state index is 0. The van der Waals surface area contributed by atoms with Crippen LogP contribution < -0.4 is 24.8 Å². The predicted octanol–water partition coefficient (Wildman–Crippen LogP) is 4.23. The fourth-order valence-corrected chi connectivity index (χ4v) is 2.99. The first kappa shape index (κ1) is 26.8. The molecule has 0 aromatic heterocycles. The summed E-state index contributed by atoms with van der Waals surface area (Å²) >= 11 is 0. The van der Waals surface area contributed by atoms with E-state index in [1.807, 2.05) is 25.1 Å². The van der Waals surface area contributed by atoms with Crippen molar-refractivity contribution < 1.29 is 14.2 Å². The average Bonchev–Trinajstić information content (AvgIpc) is 2.77. The molecule has 2 aromatic rings. The number of nitrogens with one attached hydrogen (secondary N) is 2. The molecular formula is C23H35IN4O3. The zero-order valence-electron chi connectivity index (χ0n) is 19.3. The molecule has 2 N–H and O–H groups in total. The summed E-state index contributed by atoms with van der Waals surface area (Å²) in [6.07, 6.45) is 0. The second-order valence-corrected chi connectivity index (χ2v) is 7.01. The van der Waals surface area contributed by atoms with Gasteiger partial charge in [-0.05, 0) is 26.5 Å². The van der Waals surface area contributed by atoms with E-state index in [4.69, 9.17) is 19.2 Å². The summed E-state index contributed by atoms with van der Waals surface area (Å²) < 4.78 is 16.3. The fourth-order valence-electron chi connectivity index (χ4n) is 2.99. The first-order chi connectivity index (χ1) is 14.5. The molecule has 0 bridgehead atoms. The van der Waals surface area contributed by atoms with E-state index in [0.29, 0.717) is 29.8 Å². The third-order valence-electron chi connectivity index (χ3n) is 4.81. The van der Waals surface area contributed by atoms with E-state index >= 15 is 0 Å². The van der Waals surface area contributed by atoms with E-state index in [1.54, 1.807) is 21.3 Å². The third-order valence-corrected chi connectivity index (χ3v) is 4.81. The molecule has 0 saturated heterocycles. The highest BCUT2D eigenvalue weighted by Gasteiger charge is 2.14. The summed E-state index contributed by atoms with van der Waals surface area (Å²) in [5.74, 6) is 2.44. The fraction of sp³-hybridized carbons (Fsp3) is 0.435. The van der Waals surface area contributed by atoms with Crippen LogP contribution in [0.1, 0.15) is 19.4 Å². The Morgan fingerprint density at radius 2 is 1.65 bits per heavy atom. The van der Waals surface area contributed by atoms with Gasteiger partial charge in [-0.15, -0.1) is 24.0 Å². The van der Waals surface area contributed by atoms with Crippen molar-refractivity contribution in [2.75, 3.05) is 46.8 Å². The molecule has 0 aliphatic carbocycles. The summed E-state index contributed by atoms with van der Waals surface area (Å²) in [6, 6.07) is 14.5. The molecule has 0 fully saturated rings. The van der Waals surface area contributed by atoms with E-state index in [-0.39, 0.29) is 30.0 Å². The molecule has 0 aliphatic heterocycles. The number of ether oxygens (including phenoxy) is 3. The molecule has 7 nitrogen and oxygen atoms in total. The number of hydrogen-bond acceptors (Lipinski definition) is 5. The first-order valence-electron chi connectivity index (χ1n) is 10.1. The zero-order chi connectivity index (χ0) is 21.9. The zero-order valence-corrected chi connectivity index (χ0v) is 21.6. The summed E-state index contributed by atoms with van der Waals surface area (Å²) in [4.78, 5) is 7.06. The van der Waals surface area contributed by atoms with Crippen molar-refractivity contribution in [3.8, 4) is 17.2 Å². The summed E-state index contributed by atoms with van der Waals surface area (Å²) in [5, 5.41) is 6.62. The van der Waals surface area contributed by atoms with Gasteiger partial charge in [0.1, 0.15) is 0 Å². The van der Waals surface area contributed by atoms with Crippen molar-refractivity contribution in [2.24, 2.45) is 4.99 Å². The van der Waals surface area contributed by atoms with Gasteiger partial charge in [0.2, 0.25) is 5.75 Å². The van der Waals surface area contributed by atoms with Gasteiger partial charge >= 0.3 is 0 Å². The van der Waals surface area contributed by atoms with Crippen LogP contribution in [0.25, 0.3) is 0 Å². The third kappa shape index (κ3) is 8.10.